The third-order valence-electron chi connectivity index (χ3n) is 2.09. The van der Waals surface area contributed by atoms with E-state index < -0.39 is 0 Å². The zero-order valence-electron chi connectivity index (χ0n) is 11.2. The molecule has 6 heteroatoms. The third-order valence-corrected chi connectivity index (χ3v) is 2.09. The maximum Gasteiger partial charge on any atom is 0.226 e. The fourth-order valence-corrected chi connectivity index (χ4v) is 1.62. The number of aryl methyl sites for hydroxylation is 1. The molecular formula is C11H22N6. The quantitative estimate of drug-likeness (QED) is 0.715. The molecule has 1 rings (SSSR count). The zero-order valence-corrected chi connectivity index (χ0v) is 11.2. The van der Waals surface area contributed by atoms with E-state index in [1.54, 1.807) is 0 Å². The number of nitrogens with one attached hydrogen (secondary N) is 2. The Morgan fingerprint density at radius 2 is 2.00 bits per heavy atom. The van der Waals surface area contributed by atoms with Gasteiger partial charge in [-0.15, -0.1) is 0 Å². The van der Waals surface area contributed by atoms with E-state index >= 15 is 0 Å². The van der Waals surface area contributed by atoms with E-state index in [0.717, 1.165) is 12.4 Å². The van der Waals surface area contributed by atoms with Crippen LogP contribution in [0.15, 0.2) is 6.33 Å². The van der Waals surface area contributed by atoms with Crippen molar-refractivity contribution in [3.8, 4) is 0 Å². The van der Waals surface area contributed by atoms with E-state index in [2.05, 4.69) is 51.5 Å². The monoisotopic (exact) mass is 238 g/mol. The molecule has 1 aromatic heterocycles. The Labute approximate surface area is 103 Å². The molecule has 0 radical (unpaired) electrons. The topological polar surface area (TPSA) is 66.0 Å². The lowest BCUT2D eigenvalue weighted by Crippen LogP contribution is -2.44. The lowest BCUT2D eigenvalue weighted by Gasteiger charge is -2.24. The Morgan fingerprint density at radius 1 is 1.29 bits per heavy atom. The molecule has 0 aliphatic heterocycles. The summed E-state index contributed by atoms with van der Waals surface area (Å²) in [4.78, 5) is 12.2. The van der Waals surface area contributed by atoms with Crippen LogP contribution in [0.4, 0.5) is 5.95 Å². The largest absolute Gasteiger partial charge is 0.350 e. The van der Waals surface area contributed by atoms with Gasteiger partial charge in [-0.25, -0.2) is 15.0 Å². The van der Waals surface area contributed by atoms with Gasteiger partial charge in [0, 0.05) is 25.7 Å². The van der Waals surface area contributed by atoms with Gasteiger partial charge in [0.25, 0.3) is 0 Å². The van der Waals surface area contributed by atoms with Gasteiger partial charge in [0.2, 0.25) is 5.95 Å². The minimum absolute atomic E-state index is 0.257. The van der Waals surface area contributed by atoms with Crippen LogP contribution in [0.3, 0.4) is 0 Å². The highest BCUT2D eigenvalue weighted by Gasteiger charge is 2.08. The van der Waals surface area contributed by atoms with Crippen molar-refractivity contribution in [3.05, 3.63) is 12.2 Å². The molecule has 96 valence electrons. The van der Waals surface area contributed by atoms with Crippen LogP contribution in [-0.2, 0) is 0 Å². The van der Waals surface area contributed by atoms with Gasteiger partial charge in [-0.05, 0) is 27.7 Å². The Balaban J connectivity index is 2.41. The fourth-order valence-electron chi connectivity index (χ4n) is 1.62. The summed E-state index contributed by atoms with van der Waals surface area (Å²) in [5.74, 6) is 1.35. The van der Waals surface area contributed by atoms with E-state index in [9.17, 15) is 0 Å². The fraction of sp³-hybridized carbons (Fsp3) is 0.727. The highest BCUT2D eigenvalue weighted by Crippen LogP contribution is 2.00. The van der Waals surface area contributed by atoms with Crippen molar-refractivity contribution >= 4 is 5.95 Å². The molecule has 0 aromatic carbocycles. The van der Waals surface area contributed by atoms with Crippen LogP contribution in [0.2, 0.25) is 0 Å². The van der Waals surface area contributed by atoms with E-state index in [4.69, 9.17) is 0 Å². The van der Waals surface area contributed by atoms with Crippen LogP contribution < -0.4 is 10.7 Å². The van der Waals surface area contributed by atoms with Gasteiger partial charge in [-0.1, -0.05) is 0 Å². The van der Waals surface area contributed by atoms with Crippen LogP contribution in [-0.4, -0.2) is 45.6 Å². The summed E-state index contributed by atoms with van der Waals surface area (Å²) in [6.07, 6.45) is 1.52. The van der Waals surface area contributed by atoms with Crippen molar-refractivity contribution in [2.45, 2.75) is 39.8 Å². The van der Waals surface area contributed by atoms with Gasteiger partial charge in [0.05, 0.1) is 0 Å². The molecule has 6 nitrogen and oxygen atoms in total. The summed E-state index contributed by atoms with van der Waals surface area (Å²) in [7, 11) is 2.02. The molecule has 1 atom stereocenters. The van der Waals surface area contributed by atoms with E-state index in [1.807, 2.05) is 14.0 Å². The number of anilines is 1. The van der Waals surface area contributed by atoms with Crippen LogP contribution in [0.5, 0.6) is 0 Å². The normalized spacial score (nSPS) is 13.1. The van der Waals surface area contributed by atoms with Gasteiger partial charge in [-0.2, -0.15) is 4.98 Å². The molecule has 2 N–H and O–H groups in total. The van der Waals surface area contributed by atoms with E-state index in [1.165, 1.54) is 6.33 Å². The molecule has 17 heavy (non-hydrogen) atoms. The second kappa shape index (κ2) is 6.46. The molecule has 0 bridgehead atoms. The maximum atomic E-state index is 4.21. The number of aromatic nitrogens is 3. The Hall–Kier alpha value is -1.27. The first kappa shape index (κ1) is 13.8. The van der Waals surface area contributed by atoms with Gasteiger partial charge in [0.1, 0.15) is 12.2 Å². The zero-order chi connectivity index (χ0) is 12.8. The predicted octanol–water partition coefficient (Wildman–Crippen LogP) is 0.825. The summed E-state index contributed by atoms with van der Waals surface area (Å²) >= 11 is 0. The van der Waals surface area contributed by atoms with E-state index in [-0.39, 0.29) is 6.04 Å². The molecule has 0 saturated heterocycles. The standard InChI is InChI=1S/C11H22N6/c1-8(2)16-17(5)6-9(3)14-11-13-7-12-10(4)15-11/h7-9,16H,6H2,1-5H3,(H,12,13,14,15). The molecule has 1 aromatic rings. The second-order valence-electron chi connectivity index (χ2n) is 4.57. The SMILES string of the molecule is Cc1ncnc(NC(C)CN(C)NC(C)C)n1. The highest BCUT2D eigenvalue weighted by atomic mass is 15.5. The van der Waals surface area contributed by atoms with Gasteiger partial charge in [-0.3, -0.25) is 5.43 Å². The Morgan fingerprint density at radius 3 is 2.59 bits per heavy atom. The number of hydrogen-bond acceptors (Lipinski definition) is 6. The number of hydrogen-bond donors (Lipinski definition) is 2. The maximum absolute atomic E-state index is 4.21. The van der Waals surface area contributed by atoms with Crippen LogP contribution in [0.1, 0.15) is 26.6 Å². The number of hydrazine groups is 1. The Kier molecular flexibility index (Phi) is 5.24. The van der Waals surface area contributed by atoms with Crippen LogP contribution in [0, 0.1) is 6.92 Å². The van der Waals surface area contributed by atoms with Gasteiger partial charge in [0.15, 0.2) is 0 Å². The van der Waals surface area contributed by atoms with Crippen LogP contribution >= 0.6 is 0 Å². The minimum atomic E-state index is 0.257. The lowest BCUT2D eigenvalue weighted by atomic mass is 10.3. The molecule has 0 amide bonds. The van der Waals surface area contributed by atoms with E-state index in [0.29, 0.717) is 12.0 Å². The first-order valence-corrected chi connectivity index (χ1v) is 5.87. The summed E-state index contributed by atoms with van der Waals surface area (Å²) in [5, 5.41) is 5.31. The van der Waals surface area contributed by atoms with Crippen molar-refractivity contribution in [2.75, 3.05) is 18.9 Å². The highest BCUT2D eigenvalue weighted by molar-refractivity contribution is 5.23. The summed E-state index contributed by atoms with van der Waals surface area (Å²) in [5.41, 5.74) is 3.31. The van der Waals surface area contributed by atoms with Crippen molar-refractivity contribution in [1.29, 1.82) is 0 Å². The predicted molar refractivity (Wildman–Crippen MR) is 68.6 cm³/mol. The molecule has 0 aliphatic carbocycles. The number of nitrogens with zero attached hydrogens (tertiary/aromatic N) is 4. The number of rotatable bonds is 6. The minimum Gasteiger partial charge on any atom is -0.350 e. The molecule has 0 aliphatic rings. The van der Waals surface area contributed by atoms with Crippen molar-refractivity contribution in [3.63, 3.8) is 0 Å². The van der Waals surface area contributed by atoms with Crippen molar-refractivity contribution in [2.24, 2.45) is 0 Å². The molecule has 0 spiro atoms. The average Bonchev–Trinajstić information content (AvgIpc) is 2.14. The molecule has 0 saturated carbocycles. The first-order chi connectivity index (χ1) is 7.97. The molecule has 0 fully saturated rings. The number of likely N-dealkylation sites (N-methyl/N-ethyl adjacent to an activating group) is 1. The third kappa shape index (κ3) is 5.55. The summed E-state index contributed by atoms with van der Waals surface area (Å²) in [6, 6.07) is 0.694. The van der Waals surface area contributed by atoms with Crippen molar-refractivity contribution in [1.82, 2.24) is 25.4 Å². The lowest BCUT2D eigenvalue weighted by molar-refractivity contribution is 0.205. The second-order valence-corrected chi connectivity index (χ2v) is 4.57. The smallest absolute Gasteiger partial charge is 0.226 e. The van der Waals surface area contributed by atoms with Crippen LogP contribution in [0.25, 0.3) is 0 Å². The average molecular weight is 238 g/mol. The first-order valence-electron chi connectivity index (χ1n) is 5.87. The van der Waals surface area contributed by atoms with Gasteiger partial charge < -0.3 is 5.32 Å². The van der Waals surface area contributed by atoms with Gasteiger partial charge >= 0.3 is 0 Å². The summed E-state index contributed by atoms with van der Waals surface area (Å²) in [6.45, 7) is 9.04. The molecule has 1 heterocycles. The Bertz CT molecular complexity index is 340. The molecular weight excluding hydrogens is 216 g/mol. The molecule has 1 unspecified atom stereocenters. The van der Waals surface area contributed by atoms with Crippen molar-refractivity contribution < 1.29 is 0 Å². The summed E-state index contributed by atoms with van der Waals surface area (Å²) < 4.78 is 0.